The first-order chi connectivity index (χ1) is 21.6. The molecule has 0 aliphatic carbocycles. The zero-order valence-electron chi connectivity index (χ0n) is 24.6. The van der Waals surface area contributed by atoms with Crippen molar-refractivity contribution in [2.24, 2.45) is 5.73 Å². The van der Waals surface area contributed by atoms with Crippen molar-refractivity contribution in [3.05, 3.63) is 99.7 Å². The van der Waals surface area contributed by atoms with Crippen LogP contribution in [0, 0.1) is 36.5 Å². The van der Waals surface area contributed by atoms with E-state index in [1.165, 1.54) is 12.1 Å². The molecule has 0 saturated heterocycles. The molecule has 1 atom stereocenters. The fourth-order valence-electron chi connectivity index (χ4n) is 5.11. The van der Waals surface area contributed by atoms with Crippen LogP contribution in [-0.4, -0.2) is 44.6 Å². The number of carbonyl (C=O) groups excluding carboxylic acids is 2. The number of fused-ring (bicyclic) bond motifs is 1. The number of aromatic nitrogens is 2. The van der Waals surface area contributed by atoms with Crippen molar-refractivity contribution in [2.45, 2.75) is 39.3 Å². The minimum atomic E-state index is -1.20. The van der Waals surface area contributed by atoms with Crippen molar-refractivity contribution in [1.82, 2.24) is 14.9 Å². The Labute approximate surface area is 259 Å². The second-order valence-corrected chi connectivity index (χ2v) is 10.6. The number of rotatable bonds is 8. The first-order valence-corrected chi connectivity index (χ1v) is 14.0. The van der Waals surface area contributed by atoms with Gasteiger partial charge in [-0.3, -0.25) is 4.79 Å². The highest BCUT2D eigenvalue weighted by molar-refractivity contribution is 5.84. The molecule has 0 radical (unpaired) electrons. The van der Waals surface area contributed by atoms with Crippen molar-refractivity contribution < 1.29 is 24.2 Å². The lowest BCUT2D eigenvalue weighted by atomic mass is 10.0. The summed E-state index contributed by atoms with van der Waals surface area (Å²) in [5.74, 6) is 0.613. The maximum Gasteiger partial charge on any atom is 0.405 e. The summed E-state index contributed by atoms with van der Waals surface area (Å²) in [7, 11) is 0. The van der Waals surface area contributed by atoms with Crippen LogP contribution in [0.4, 0.5) is 16.4 Å². The Hall–Kier alpha value is -6.14. The number of nitrogens with zero attached hydrogens (tertiary/aromatic N) is 5. The number of carbonyl (C=O) groups is 2. The molecule has 12 nitrogen and oxygen atoms in total. The van der Waals surface area contributed by atoms with Gasteiger partial charge in [0, 0.05) is 25.1 Å². The minimum absolute atomic E-state index is 0.0579. The minimum Gasteiger partial charge on any atom is -0.508 e. The van der Waals surface area contributed by atoms with Gasteiger partial charge in [-0.15, -0.1) is 0 Å². The van der Waals surface area contributed by atoms with Crippen molar-refractivity contribution in [3.63, 3.8) is 0 Å². The second kappa shape index (κ2) is 13.0. The first kappa shape index (κ1) is 30.3. The number of aryl methyl sites for hydroxylation is 2. The molecule has 0 saturated carbocycles. The van der Waals surface area contributed by atoms with E-state index in [9.17, 15) is 20.0 Å². The van der Waals surface area contributed by atoms with Gasteiger partial charge in [0.2, 0.25) is 11.8 Å². The molecule has 2 heterocycles. The molecule has 45 heavy (non-hydrogen) atoms. The van der Waals surface area contributed by atoms with Gasteiger partial charge in [0.25, 0.3) is 5.91 Å². The van der Waals surface area contributed by atoms with Crippen LogP contribution in [0.5, 0.6) is 17.4 Å². The summed E-state index contributed by atoms with van der Waals surface area (Å²) in [6.07, 6.45) is -1.86. The summed E-state index contributed by atoms with van der Waals surface area (Å²) in [5, 5.41) is 31.3. The number of anilines is 2. The normalized spacial score (nSPS) is 12.7. The highest BCUT2D eigenvalue weighted by Gasteiger charge is 2.33. The topological polar surface area (TPSA) is 187 Å². The van der Waals surface area contributed by atoms with Crippen LogP contribution in [0.25, 0.3) is 0 Å². The number of aromatic hydroxyl groups is 1. The molecule has 1 aliphatic rings. The summed E-state index contributed by atoms with van der Waals surface area (Å²) in [5.41, 5.74) is 10.4. The van der Waals surface area contributed by atoms with Gasteiger partial charge in [-0.1, -0.05) is 12.1 Å². The summed E-state index contributed by atoms with van der Waals surface area (Å²) < 4.78 is 11.6. The number of phenolic OH excluding ortho intramolecular Hbond substituents is 1. The highest BCUT2D eigenvalue weighted by atomic mass is 16.6. The third-order valence-electron chi connectivity index (χ3n) is 7.28. The van der Waals surface area contributed by atoms with Gasteiger partial charge in [0.15, 0.2) is 6.10 Å². The van der Waals surface area contributed by atoms with Crippen LogP contribution in [-0.2, 0) is 28.9 Å². The number of hydrogen-bond acceptors (Lipinski definition) is 10. The molecule has 0 bridgehead atoms. The van der Waals surface area contributed by atoms with Crippen LogP contribution in [0.1, 0.15) is 39.1 Å². The molecule has 1 aliphatic heterocycles. The summed E-state index contributed by atoms with van der Waals surface area (Å²) in [6, 6.07) is 20.7. The van der Waals surface area contributed by atoms with Crippen molar-refractivity contribution in [1.29, 1.82) is 10.5 Å². The van der Waals surface area contributed by atoms with Gasteiger partial charge < -0.3 is 30.5 Å². The standard InChI is InChI=1S/C33H29N7O5/c1-19-13-23(17-35)14-20(2)29(19)45-30-26-18-40(31(42)28(44-32(36)43)15-21-5-9-25(41)10-6-21)12-11-27(26)38-33(39-30)37-24-7-3-22(16-34)4-8-24/h3-10,13-14,28,41H,11-12,15,18H2,1-2H3,(H2,36,43)(H,37,38,39). The molecule has 4 N–H and O–H groups in total. The van der Waals surface area contributed by atoms with E-state index in [-0.39, 0.29) is 37.1 Å². The molecule has 12 heteroatoms. The second-order valence-electron chi connectivity index (χ2n) is 10.6. The van der Waals surface area contributed by atoms with Crippen LogP contribution >= 0.6 is 0 Å². The number of nitrogens with two attached hydrogens (primary N) is 1. The fraction of sp³-hybridized carbons (Fsp3) is 0.212. The molecule has 226 valence electrons. The van der Waals surface area contributed by atoms with E-state index >= 15 is 0 Å². The number of phenols is 1. The Morgan fingerprint density at radius 2 is 1.69 bits per heavy atom. The molecule has 1 aromatic heterocycles. The Morgan fingerprint density at radius 1 is 1.02 bits per heavy atom. The van der Waals surface area contributed by atoms with Crippen molar-refractivity contribution in [3.8, 4) is 29.5 Å². The lowest BCUT2D eigenvalue weighted by molar-refractivity contribution is -0.141. The van der Waals surface area contributed by atoms with Gasteiger partial charge in [-0.2, -0.15) is 15.5 Å². The average molecular weight is 604 g/mol. The van der Waals surface area contributed by atoms with Crippen LogP contribution < -0.4 is 15.8 Å². The predicted octanol–water partition coefficient (Wildman–Crippen LogP) is 4.67. The Balaban J connectivity index is 1.48. The van der Waals surface area contributed by atoms with Gasteiger partial charge in [0.05, 0.1) is 41.1 Å². The van der Waals surface area contributed by atoms with Crippen molar-refractivity contribution >= 4 is 23.6 Å². The number of nitrogens with one attached hydrogen (secondary N) is 1. The molecular weight excluding hydrogens is 574 g/mol. The maximum atomic E-state index is 13.7. The van der Waals surface area contributed by atoms with E-state index in [4.69, 9.17) is 25.5 Å². The highest BCUT2D eigenvalue weighted by Crippen LogP contribution is 2.35. The van der Waals surface area contributed by atoms with Gasteiger partial charge in [0.1, 0.15) is 11.5 Å². The fourth-order valence-corrected chi connectivity index (χ4v) is 5.11. The van der Waals surface area contributed by atoms with Crippen LogP contribution in [0.3, 0.4) is 0 Å². The van der Waals surface area contributed by atoms with Crippen LogP contribution in [0.15, 0.2) is 60.7 Å². The Kier molecular flexibility index (Phi) is 8.77. The maximum absolute atomic E-state index is 13.7. The molecular formula is C33H29N7O5. The van der Waals surface area contributed by atoms with E-state index in [1.54, 1.807) is 53.4 Å². The zero-order valence-corrected chi connectivity index (χ0v) is 24.6. The predicted molar refractivity (Wildman–Crippen MR) is 163 cm³/mol. The lowest BCUT2D eigenvalue weighted by Crippen LogP contribution is -2.45. The van der Waals surface area contributed by atoms with E-state index in [1.807, 2.05) is 13.8 Å². The molecule has 4 aromatic rings. The monoisotopic (exact) mass is 603 g/mol. The third kappa shape index (κ3) is 7.09. The van der Waals surface area contributed by atoms with Crippen LogP contribution in [0.2, 0.25) is 0 Å². The number of ether oxygens (including phenoxy) is 2. The molecule has 0 spiro atoms. The summed E-state index contributed by atoms with van der Waals surface area (Å²) >= 11 is 0. The summed E-state index contributed by atoms with van der Waals surface area (Å²) in [6.45, 7) is 4.01. The van der Waals surface area contributed by atoms with Gasteiger partial charge in [-0.05, 0) is 79.1 Å². The molecule has 5 rings (SSSR count). The van der Waals surface area contributed by atoms with E-state index in [0.717, 1.165) is 11.1 Å². The van der Waals surface area contributed by atoms with E-state index in [0.29, 0.717) is 45.8 Å². The first-order valence-electron chi connectivity index (χ1n) is 14.0. The SMILES string of the molecule is Cc1cc(C#N)cc(C)c1Oc1nc(Nc2ccc(C#N)cc2)nc2c1CN(C(=O)C(Cc1ccc(O)cc1)OC(N)=O)CC2. The number of amides is 2. The number of nitriles is 2. The molecule has 2 amide bonds. The third-order valence-corrected chi connectivity index (χ3v) is 7.28. The molecule has 1 unspecified atom stereocenters. The Morgan fingerprint density at radius 3 is 2.31 bits per heavy atom. The average Bonchev–Trinajstić information content (AvgIpc) is 3.03. The molecule has 3 aromatic carbocycles. The van der Waals surface area contributed by atoms with E-state index in [2.05, 4.69) is 22.4 Å². The quantitative estimate of drug-likeness (QED) is 0.255. The zero-order chi connectivity index (χ0) is 32.1. The largest absolute Gasteiger partial charge is 0.508 e. The number of hydrogen-bond donors (Lipinski definition) is 3. The van der Waals surface area contributed by atoms with E-state index < -0.39 is 18.1 Å². The summed E-state index contributed by atoms with van der Waals surface area (Å²) in [4.78, 5) is 36.4. The molecule has 0 fully saturated rings. The number of benzene rings is 3. The van der Waals surface area contributed by atoms with Gasteiger partial charge in [-0.25, -0.2) is 9.78 Å². The smallest absolute Gasteiger partial charge is 0.405 e. The lowest BCUT2D eigenvalue weighted by Gasteiger charge is -2.32. The Bertz CT molecular complexity index is 1820. The van der Waals surface area contributed by atoms with Gasteiger partial charge >= 0.3 is 6.09 Å². The number of primary amides is 1. The van der Waals surface area contributed by atoms with Crippen molar-refractivity contribution in [2.75, 3.05) is 11.9 Å².